The van der Waals surface area contributed by atoms with E-state index in [0.717, 1.165) is 0 Å². The number of halogens is 4. The van der Waals surface area contributed by atoms with Crippen LogP contribution in [0.3, 0.4) is 0 Å². The maximum atomic E-state index is 6.16. The maximum absolute atomic E-state index is 6.16. The molecule has 1 aromatic heterocycles. The van der Waals surface area contributed by atoms with Crippen LogP contribution in [-0.4, -0.2) is 17.3 Å². The molecule has 0 unspecified atom stereocenters. The zero-order valence-electron chi connectivity index (χ0n) is 12.8. The average Bonchev–Trinajstić information content (AvgIpc) is 3.01. The van der Waals surface area contributed by atoms with Gasteiger partial charge in [-0.2, -0.15) is 0 Å². The van der Waals surface area contributed by atoms with Gasteiger partial charge in [0.05, 0.1) is 29.3 Å². The molecular formula is C16H11Cl4N3O2. The minimum atomic E-state index is 0.171. The first-order valence-electron chi connectivity index (χ1n) is 7.03. The molecule has 3 rings (SSSR count). The summed E-state index contributed by atoms with van der Waals surface area (Å²) in [4.78, 5) is 0. The highest BCUT2D eigenvalue weighted by Crippen LogP contribution is 2.35. The molecule has 0 fully saturated rings. The number of aromatic nitrogens is 2. The Morgan fingerprint density at radius 3 is 2.40 bits per heavy atom. The van der Waals surface area contributed by atoms with Gasteiger partial charge in [-0.05, 0) is 23.8 Å². The molecule has 0 aliphatic heterocycles. The van der Waals surface area contributed by atoms with Crippen molar-refractivity contribution in [3.8, 4) is 5.75 Å². The van der Waals surface area contributed by atoms with Crippen molar-refractivity contribution in [3.63, 3.8) is 0 Å². The van der Waals surface area contributed by atoms with Crippen LogP contribution < -0.4 is 10.1 Å². The minimum absolute atomic E-state index is 0.171. The fourth-order valence-electron chi connectivity index (χ4n) is 2.12. The second-order valence-corrected chi connectivity index (χ2v) is 6.60. The second kappa shape index (κ2) is 7.70. The van der Waals surface area contributed by atoms with E-state index >= 15 is 0 Å². The Hall–Kier alpha value is -1.66. The fourth-order valence-corrected chi connectivity index (χ4v) is 3.16. The van der Waals surface area contributed by atoms with Crippen molar-refractivity contribution in [1.29, 1.82) is 0 Å². The van der Waals surface area contributed by atoms with Crippen LogP contribution in [0.15, 0.2) is 34.7 Å². The Kier molecular flexibility index (Phi) is 5.59. The molecule has 1 heterocycles. The number of benzene rings is 2. The van der Waals surface area contributed by atoms with Crippen LogP contribution >= 0.6 is 46.4 Å². The van der Waals surface area contributed by atoms with Gasteiger partial charge in [0.25, 0.3) is 0 Å². The third kappa shape index (κ3) is 4.12. The van der Waals surface area contributed by atoms with Crippen LogP contribution in [0.5, 0.6) is 5.75 Å². The van der Waals surface area contributed by atoms with Gasteiger partial charge < -0.3 is 14.5 Å². The summed E-state index contributed by atoms with van der Waals surface area (Å²) in [6.45, 7) is 0. The van der Waals surface area contributed by atoms with E-state index in [4.69, 9.17) is 55.6 Å². The molecule has 0 saturated carbocycles. The quantitative estimate of drug-likeness (QED) is 0.548. The molecule has 0 radical (unpaired) electrons. The van der Waals surface area contributed by atoms with Gasteiger partial charge in [0, 0.05) is 16.1 Å². The van der Waals surface area contributed by atoms with E-state index in [1.165, 1.54) is 7.11 Å². The minimum Gasteiger partial charge on any atom is -0.495 e. The lowest BCUT2D eigenvalue weighted by molar-refractivity contribution is 0.415. The van der Waals surface area contributed by atoms with Gasteiger partial charge in [0.15, 0.2) is 0 Å². The summed E-state index contributed by atoms with van der Waals surface area (Å²) in [7, 11) is 1.51. The number of ether oxygens (including phenoxy) is 1. The van der Waals surface area contributed by atoms with Crippen molar-refractivity contribution in [2.24, 2.45) is 0 Å². The van der Waals surface area contributed by atoms with Crippen LogP contribution in [0.1, 0.15) is 11.5 Å². The average molecular weight is 419 g/mol. The summed E-state index contributed by atoms with van der Waals surface area (Å²) in [6.07, 6.45) is 0.310. The van der Waals surface area contributed by atoms with Gasteiger partial charge in [-0.15, -0.1) is 5.10 Å². The monoisotopic (exact) mass is 417 g/mol. The topological polar surface area (TPSA) is 60.2 Å². The van der Waals surface area contributed by atoms with Crippen molar-refractivity contribution < 1.29 is 9.15 Å². The van der Waals surface area contributed by atoms with Crippen LogP contribution in [0.2, 0.25) is 20.1 Å². The first-order valence-corrected chi connectivity index (χ1v) is 8.54. The van der Waals surface area contributed by atoms with Gasteiger partial charge in [0.2, 0.25) is 5.89 Å². The van der Waals surface area contributed by atoms with Crippen LogP contribution in [0, 0.1) is 0 Å². The molecule has 25 heavy (non-hydrogen) atoms. The predicted molar refractivity (Wildman–Crippen MR) is 99.9 cm³/mol. The first kappa shape index (κ1) is 18.1. The highest BCUT2D eigenvalue weighted by atomic mass is 35.5. The van der Waals surface area contributed by atoms with Crippen molar-refractivity contribution >= 4 is 58.1 Å². The van der Waals surface area contributed by atoms with Gasteiger partial charge in [-0.3, -0.25) is 0 Å². The third-order valence-electron chi connectivity index (χ3n) is 3.34. The molecule has 0 spiro atoms. The van der Waals surface area contributed by atoms with E-state index in [1.807, 2.05) is 0 Å². The molecule has 3 aromatic rings. The van der Waals surface area contributed by atoms with Gasteiger partial charge in [-0.1, -0.05) is 57.6 Å². The highest BCUT2D eigenvalue weighted by molar-refractivity contribution is 6.37. The SMILES string of the molecule is COc1cc(Nc2nnc(Cc3c(Cl)cccc3Cl)o2)c(Cl)cc1Cl. The zero-order chi connectivity index (χ0) is 18.0. The molecule has 0 saturated heterocycles. The lowest BCUT2D eigenvalue weighted by atomic mass is 10.1. The number of nitrogens with one attached hydrogen (secondary N) is 1. The molecule has 0 aliphatic rings. The summed E-state index contributed by atoms with van der Waals surface area (Å²) in [6, 6.07) is 8.63. The van der Waals surface area contributed by atoms with Crippen LogP contribution in [0.25, 0.3) is 0 Å². The summed E-state index contributed by atoms with van der Waals surface area (Å²) in [5, 5.41) is 12.7. The van der Waals surface area contributed by atoms with E-state index in [9.17, 15) is 0 Å². The summed E-state index contributed by atoms with van der Waals surface area (Å²) in [5.74, 6) is 0.825. The summed E-state index contributed by atoms with van der Waals surface area (Å²) >= 11 is 24.5. The van der Waals surface area contributed by atoms with Crippen molar-refractivity contribution in [1.82, 2.24) is 10.2 Å². The molecule has 5 nitrogen and oxygen atoms in total. The smallest absolute Gasteiger partial charge is 0.320 e. The summed E-state index contributed by atoms with van der Waals surface area (Å²) in [5.41, 5.74) is 1.24. The lowest BCUT2D eigenvalue weighted by Gasteiger charge is -2.08. The Balaban J connectivity index is 1.81. The zero-order valence-corrected chi connectivity index (χ0v) is 15.8. The van der Waals surface area contributed by atoms with E-state index in [-0.39, 0.29) is 6.01 Å². The second-order valence-electron chi connectivity index (χ2n) is 4.97. The first-order chi connectivity index (χ1) is 12.0. The highest BCUT2D eigenvalue weighted by Gasteiger charge is 2.14. The number of rotatable bonds is 5. The van der Waals surface area contributed by atoms with E-state index in [0.29, 0.717) is 49.4 Å². The van der Waals surface area contributed by atoms with Crippen molar-refractivity contribution in [2.75, 3.05) is 12.4 Å². The molecule has 130 valence electrons. The molecule has 0 atom stereocenters. The largest absolute Gasteiger partial charge is 0.495 e. The molecule has 2 aromatic carbocycles. The van der Waals surface area contributed by atoms with Crippen molar-refractivity contribution in [2.45, 2.75) is 6.42 Å². The number of anilines is 2. The van der Waals surface area contributed by atoms with Gasteiger partial charge >= 0.3 is 6.01 Å². The Bertz CT molecular complexity index is 894. The maximum Gasteiger partial charge on any atom is 0.320 e. The van der Waals surface area contributed by atoms with Crippen LogP contribution in [-0.2, 0) is 6.42 Å². The lowest BCUT2D eigenvalue weighted by Crippen LogP contribution is -1.93. The summed E-state index contributed by atoms with van der Waals surface area (Å²) < 4.78 is 10.7. The van der Waals surface area contributed by atoms with E-state index < -0.39 is 0 Å². The predicted octanol–water partition coefficient (Wildman–Crippen LogP) is 6.03. The van der Waals surface area contributed by atoms with Gasteiger partial charge in [0.1, 0.15) is 5.75 Å². The van der Waals surface area contributed by atoms with Gasteiger partial charge in [-0.25, -0.2) is 0 Å². The Morgan fingerprint density at radius 1 is 1.00 bits per heavy atom. The van der Waals surface area contributed by atoms with E-state index in [2.05, 4.69) is 15.5 Å². The van der Waals surface area contributed by atoms with E-state index in [1.54, 1.807) is 30.3 Å². The number of nitrogens with zero attached hydrogens (tertiary/aromatic N) is 2. The Labute approximate surface area is 163 Å². The fraction of sp³-hybridized carbons (Fsp3) is 0.125. The molecule has 1 N–H and O–H groups in total. The molecule has 0 aliphatic carbocycles. The molecule has 0 amide bonds. The van der Waals surface area contributed by atoms with Crippen LogP contribution in [0.4, 0.5) is 11.7 Å². The molecular weight excluding hydrogens is 408 g/mol. The molecule has 0 bridgehead atoms. The number of hydrogen-bond donors (Lipinski definition) is 1. The number of methoxy groups -OCH3 is 1. The normalized spacial score (nSPS) is 10.8. The van der Waals surface area contributed by atoms with Crippen molar-refractivity contribution in [3.05, 3.63) is 61.9 Å². The molecule has 9 heteroatoms. The standard InChI is InChI=1S/C16H11Cl4N3O2/c1-24-14-7-13(11(19)6-12(14)20)21-16-23-22-15(25-16)5-8-9(17)3-2-4-10(8)18/h2-4,6-7H,5H2,1H3,(H,21,23). The third-order valence-corrected chi connectivity index (χ3v) is 4.66. The Morgan fingerprint density at radius 2 is 1.72 bits per heavy atom. The number of hydrogen-bond acceptors (Lipinski definition) is 5.